The van der Waals surface area contributed by atoms with Gasteiger partial charge in [0.15, 0.2) is 0 Å². The average Bonchev–Trinajstić information content (AvgIpc) is 3.46. The van der Waals surface area contributed by atoms with Crippen LogP contribution >= 0.6 is 0 Å². The molecule has 9 heteroatoms. The number of piperidine rings is 1. The molecular weight excluding hydrogens is 429 g/mol. The molecule has 0 spiro atoms. The first-order valence-electron chi connectivity index (χ1n) is 11.1. The number of fused-ring (bicyclic) bond motifs is 1. The summed E-state index contributed by atoms with van der Waals surface area (Å²) in [5.41, 5.74) is 1.23. The van der Waals surface area contributed by atoms with E-state index in [2.05, 4.69) is 38.3 Å². The van der Waals surface area contributed by atoms with E-state index >= 15 is 0 Å². The van der Waals surface area contributed by atoms with Gasteiger partial charge in [-0.05, 0) is 44.9 Å². The molecule has 4 aromatic rings. The van der Waals surface area contributed by atoms with Crippen molar-refractivity contribution in [3.8, 4) is 11.3 Å². The van der Waals surface area contributed by atoms with Crippen molar-refractivity contribution in [3.05, 3.63) is 60.4 Å². The van der Waals surface area contributed by atoms with Gasteiger partial charge in [-0.2, -0.15) is 13.2 Å². The van der Waals surface area contributed by atoms with Gasteiger partial charge in [-0.1, -0.05) is 12.1 Å². The number of nitrogens with zero attached hydrogens (tertiary/aromatic N) is 5. The molecule has 0 amide bonds. The predicted molar refractivity (Wildman–Crippen MR) is 121 cm³/mol. The van der Waals surface area contributed by atoms with Crippen LogP contribution in [0.5, 0.6) is 0 Å². The van der Waals surface area contributed by atoms with Gasteiger partial charge < -0.3 is 14.5 Å². The van der Waals surface area contributed by atoms with Gasteiger partial charge in [-0.25, -0.2) is 15.0 Å². The van der Waals surface area contributed by atoms with E-state index in [1.807, 2.05) is 18.5 Å². The van der Waals surface area contributed by atoms with E-state index in [0.717, 1.165) is 54.7 Å². The fourth-order valence-corrected chi connectivity index (χ4v) is 4.58. The molecule has 1 aromatic carbocycles. The summed E-state index contributed by atoms with van der Waals surface area (Å²) in [6.45, 7) is 5.79. The van der Waals surface area contributed by atoms with Gasteiger partial charge in [0.1, 0.15) is 23.6 Å². The normalized spacial score (nSPS) is 15.6. The number of benzene rings is 1. The first-order chi connectivity index (χ1) is 15.8. The van der Waals surface area contributed by atoms with Crippen molar-refractivity contribution in [2.45, 2.75) is 44.8 Å². The van der Waals surface area contributed by atoms with Gasteiger partial charge in [0.25, 0.3) is 0 Å². The Hall–Kier alpha value is -3.36. The first-order valence-corrected chi connectivity index (χ1v) is 11.1. The van der Waals surface area contributed by atoms with E-state index in [1.54, 1.807) is 12.4 Å². The van der Waals surface area contributed by atoms with Crippen molar-refractivity contribution in [1.29, 1.82) is 0 Å². The van der Waals surface area contributed by atoms with Gasteiger partial charge in [0, 0.05) is 43.0 Å². The van der Waals surface area contributed by atoms with Crippen LogP contribution in [0.1, 0.15) is 50.0 Å². The summed E-state index contributed by atoms with van der Waals surface area (Å²) < 4.78 is 41.7. The van der Waals surface area contributed by atoms with Crippen LogP contribution in [-0.4, -0.2) is 37.6 Å². The number of alkyl halides is 3. The number of aromatic nitrogens is 5. The maximum absolute atomic E-state index is 13.2. The Morgan fingerprint density at radius 2 is 1.88 bits per heavy atom. The van der Waals surface area contributed by atoms with E-state index in [4.69, 9.17) is 4.98 Å². The fraction of sp³-hybridized carbons (Fsp3) is 0.375. The van der Waals surface area contributed by atoms with E-state index in [1.165, 1.54) is 12.1 Å². The van der Waals surface area contributed by atoms with Gasteiger partial charge in [0.05, 0.1) is 16.6 Å². The number of anilines is 1. The number of aromatic amines is 1. The number of hydrogen-bond donors (Lipinski definition) is 1. The number of halogens is 3. The van der Waals surface area contributed by atoms with Crippen LogP contribution in [0.2, 0.25) is 0 Å². The van der Waals surface area contributed by atoms with Gasteiger partial charge in [0.2, 0.25) is 0 Å². The maximum atomic E-state index is 13.2. The third-order valence-electron chi connectivity index (χ3n) is 6.30. The molecule has 1 N–H and O–H groups in total. The number of rotatable bonds is 4. The van der Waals surface area contributed by atoms with E-state index in [-0.39, 0.29) is 12.0 Å². The zero-order valence-electron chi connectivity index (χ0n) is 18.5. The number of hydrogen-bond acceptors (Lipinski definition) is 4. The van der Waals surface area contributed by atoms with Gasteiger partial charge >= 0.3 is 6.18 Å². The Morgan fingerprint density at radius 1 is 1.09 bits per heavy atom. The van der Waals surface area contributed by atoms with Crippen molar-refractivity contribution in [3.63, 3.8) is 0 Å². The molecule has 0 saturated carbocycles. The minimum absolute atomic E-state index is 0.159. The number of H-pyrrole nitrogens is 1. The number of imidazole rings is 1. The summed E-state index contributed by atoms with van der Waals surface area (Å²) in [6.07, 6.45) is 2.73. The summed E-state index contributed by atoms with van der Waals surface area (Å²) >= 11 is 0. The van der Waals surface area contributed by atoms with Crippen LogP contribution in [0.25, 0.3) is 22.3 Å². The van der Waals surface area contributed by atoms with E-state index < -0.39 is 11.7 Å². The van der Waals surface area contributed by atoms with Crippen LogP contribution in [0.4, 0.5) is 19.0 Å². The molecule has 1 aliphatic rings. The lowest BCUT2D eigenvalue weighted by Crippen LogP contribution is -2.34. The maximum Gasteiger partial charge on any atom is 0.416 e. The van der Waals surface area contributed by atoms with Crippen molar-refractivity contribution in [1.82, 2.24) is 24.5 Å². The molecular formula is C24H25F3N6. The SMILES string of the molecule is CC(C)n1cc(-c2cccc(C(F)(F)F)c2)nc1C1CCN(c2ncnc3[nH]ccc23)CC1. The molecule has 33 heavy (non-hydrogen) atoms. The predicted octanol–water partition coefficient (Wildman–Crippen LogP) is 5.81. The highest BCUT2D eigenvalue weighted by atomic mass is 19.4. The third kappa shape index (κ3) is 4.07. The average molecular weight is 455 g/mol. The summed E-state index contributed by atoms with van der Waals surface area (Å²) in [5, 5.41) is 1.01. The lowest BCUT2D eigenvalue weighted by Gasteiger charge is -2.33. The van der Waals surface area contributed by atoms with Crippen LogP contribution < -0.4 is 4.90 Å². The summed E-state index contributed by atoms with van der Waals surface area (Å²) in [4.78, 5) is 19.0. The summed E-state index contributed by atoms with van der Waals surface area (Å²) in [6, 6.07) is 7.54. The third-order valence-corrected chi connectivity index (χ3v) is 6.30. The van der Waals surface area contributed by atoms with Crippen LogP contribution in [0.15, 0.2) is 49.1 Å². The lowest BCUT2D eigenvalue weighted by atomic mass is 9.95. The molecule has 1 saturated heterocycles. The highest BCUT2D eigenvalue weighted by Crippen LogP contribution is 2.36. The molecule has 5 rings (SSSR count). The minimum atomic E-state index is -4.38. The summed E-state index contributed by atoms with van der Waals surface area (Å²) in [5.74, 6) is 2.09. The smallest absolute Gasteiger partial charge is 0.356 e. The second kappa shape index (κ2) is 8.20. The molecule has 6 nitrogen and oxygen atoms in total. The monoisotopic (exact) mass is 454 g/mol. The topological polar surface area (TPSA) is 62.6 Å². The Balaban J connectivity index is 1.40. The second-order valence-electron chi connectivity index (χ2n) is 8.76. The van der Waals surface area contributed by atoms with Crippen LogP contribution in [0, 0.1) is 0 Å². The van der Waals surface area contributed by atoms with Gasteiger partial charge in [-0.3, -0.25) is 0 Å². The molecule has 0 radical (unpaired) electrons. The zero-order valence-corrected chi connectivity index (χ0v) is 18.5. The molecule has 0 unspecified atom stereocenters. The zero-order chi connectivity index (χ0) is 23.2. The lowest BCUT2D eigenvalue weighted by molar-refractivity contribution is -0.137. The molecule has 3 aromatic heterocycles. The van der Waals surface area contributed by atoms with Crippen LogP contribution in [-0.2, 0) is 6.18 Å². The van der Waals surface area contributed by atoms with Crippen molar-refractivity contribution in [2.75, 3.05) is 18.0 Å². The van der Waals surface area contributed by atoms with Crippen molar-refractivity contribution >= 4 is 16.9 Å². The quantitative estimate of drug-likeness (QED) is 0.423. The van der Waals surface area contributed by atoms with Crippen molar-refractivity contribution < 1.29 is 13.2 Å². The van der Waals surface area contributed by atoms with E-state index in [9.17, 15) is 13.2 Å². The molecule has 0 aliphatic carbocycles. The molecule has 172 valence electrons. The first kappa shape index (κ1) is 21.5. The van der Waals surface area contributed by atoms with Crippen LogP contribution in [0.3, 0.4) is 0 Å². The molecule has 4 heterocycles. The molecule has 1 aliphatic heterocycles. The second-order valence-corrected chi connectivity index (χ2v) is 8.76. The standard InChI is InChI=1S/C24H25F3N6/c1-15(2)33-13-20(17-4-3-5-18(12-17)24(25,26)27)31-22(33)16-7-10-32(11-8-16)23-19-6-9-28-21(19)29-14-30-23/h3-6,9,12-16H,7-8,10-11H2,1-2H3,(H,28,29,30). The van der Waals surface area contributed by atoms with Crippen molar-refractivity contribution in [2.24, 2.45) is 0 Å². The number of nitrogens with one attached hydrogen (secondary N) is 1. The highest BCUT2D eigenvalue weighted by molar-refractivity contribution is 5.87. The Kier molecular flexibility index (Phi) is 5.34. The summed E-state index contributed by atoms with van der Waals surface area (Å²) in [7, 11) is 0. The minimum Gasteiger partial charge on any atom is -0.356 e. The largest absolute Gasteiger partial charge is 0.416 e. The molecule has 1 fully saturated rings. The van der Waals surface area contributed by atoms with E-state index in [0.29, 0.717) is 11.3 Å². The molecule has 0 atom stereocenters. The molecule has 0 bridgehead atoms. The Morgan fingerprint density at radius 3 is 2.61 bits per heavy atom. The fourth-order valence-electron chi connectivity index (χ4n) is 4.58. The Bertz CT molecular complexity index is 1260. The van der Waals surface area contributed by atoms with Gasteiger partial charge in [-0.15, -0.1) is 0 Å². The Labute approximate surface area is 189 Å². The highest BCUT2D eigenvalue weighted by Gasteiger charge is 2.31.